The Labute approximate surface area is 135 Å². The van der Waals surface area contributed by atoms with Crippen molar-refractivity contribution in [1.82, 2.24) is 4.98 Å². The molecule has 0 saturated carbocycles. The Hall–Kier alpha value is -1.79. The minimum absolute atomic E-state index is 0.316. The number of benzene rings is 1. The molecular formula is C14H13BrClN3O2. The Morgan fingerprint density at radius 2 is 2.14 bits per heavy atom. The number of halogens is 2. The van der Waals surface area contributed by atoms with E-state index in [0.717, 1.165) is 4.47 Å². The third-order valence-corrected chi connectivity index (χ3v) is 3.53. The number of anilines is 2. The number of carbonyl (C=O) groups excluding carboxylic acids is 1. The Bertz CT molecular complexity index is 679. The smallest absolute Gasteiger partial charge is 0.257 e. The first-order chi connectivity index (χ1) is 10.0. The molecule has 0 aliphatic heterocycles. The Kier molecular flexibility index (Phi) is 5.03. The number of hydrogen-bond acceptors (Lipinski definition) is 4. The van der Waals surface area contributed by atoms with Crippen LogP contribution in [0.1, 0.15) is 10.4 Å². The van der Waals surface area contributed by atoms with E-state index in [9.17, 15) is 4.79 Å². The van der Waals surface area contributed by atoms with Gasteiger partial charge in [0.2, 0.25) is 0 Å². The van der Waals surface area contributed by atoms with Crippen molar-refractivity contribution in [3.63, 3.8) is 0 Å². The number of carbonyl (C=O) groups is 1. The third-order valence-electron chi connectivity index (χ3n) is 2.75. The molecule has 2 N–H and O–H groups in total. The van der Waals surface area contributed by atoms with Crippen molar-refractivity contribution in [1.29, 1.82) is 0 Å². The molecule has 1 heterocycles. The SMILES string of the molecule is CNc1ncc(C(=O)Nc2cc(Br)ccc2OC)cc1Cl. The molecule has 0 bridgehead atoms. The monoisotopic (exact) mass is 369 g/mol. The van der Waals surface area contributed by atoms with Crippen LogP contribution in [0.5, 0.6) is 5.75 Å². The number of hydrogen-bond donors (Lipinski definition) is 2. The van der Waals surface area contributed by atoms with Crippen LogP contribution < -0.4 is 15.4 Å². The van der Waals surface area contributed by atoms with E-state index in [1.54, 1.807) is 32.4 Å². The molecule has 7 heteroatoms. The van der Waals surface area contributed by atoms with Crippen molar-refractivity contribution in [2.75, 3.05) is 24.8 Å². The number of pyridine rings is 1. The maximum absolute atomic E-state index is 12.2. The molecular weight excluding hydrogens is 358 g/mol. The molecule has 21 heavy (non-hydrogen) atoms. The van der Waals surface area contributed by atoms with Gasteiger partial charge in [-0.05, 0) is 24.3 Å². The Morgan fingerprint density at radius 3 is 2.76 bits per heavy atom. The topological polar surface area (TPSA) is 63.2 Å². The summed E-state index contributed by atoms with van der Waals surface area (Å²) in [7, 11) is 3.25. The van der Waals surface area contributed by atoms with Crippen LogP contribution in [-0.2, 0) is 0 Å². The minimum Gasteiger partial charge on any atom is -0.495 e. The van der Waals surface area contributed by atoms with Crippen molar-refractivity contribution in [2.45, 2.75) is 0 Å². The molecule has 0 radical (unpaired) electrons. The molecule has 1 amide bonds. The largest absolute Gasteiger partial charge is 0.495 e. The van der Waals surface area contributed by atoms with Gasteiger partial charge in [-0.15, -0.1) is 0 Å². The standard InChI is InChI=1S/C14H13BrClN3O2/c1-17-13-10(16)5-8(7-18-13)14(20)19-11-6-9(15)3-4-12(11)21-2/h3-7H,1-2H3,(H,17,18)(H,19,20). The lowest BCUT2D eigenvalue weighted by molar-refractivity contribution is 0.102. The van der Waals surface area contributed by atoms with Crippen molar-refractivity contribution in [2.24, 2.45) is 0 Å². The van der Waals surface area contributed by atoms with Crippen molar-refractivity contribution >= 4 is 44.9 Å². The third kappa shape index (κ3) is 3.65. The number of nitrogens with zero attached hydrogens (tertiary/aromatic N) is 1. The van der Waals surface area contributed by atoms with Gasteiger partial charge in [0.1, 0.15) is 11.6 Å². The van der Waals surface area contributed by atoms with E-state index in [2.05, 4.69) is 31.5 Å². The summed E-state index contributed by atoms with van der Waals surface area (Å²) in [5, 5.41) is 5.99. The molecule has 2 aromatic rings. The zero-order valence-corrected chi connectivity index (χ0v) is 13.7. The van der Waals surface area contributed by atoms with Gasteiger partial charge in [0, 0.05) is 17.7 Å². The van der Waals surface area contributed by atoms with E-state index in [1.165, 1.54) is 6.20 Å². The fourth-order valence-corrected chi connectivity index (χ4v) is 2.34. The van der Waals surface area contributed by atoms with Gasteiger partial charge in [0.25, 0.3) is 5.91 Å². The zero-order chi connectivity index (χ0) is 15.4. The fourth-order valence-electron chi connectivity index (χ4n) is 1.72. The van der Waals surface area contributed by atoms with Gasteiger partial charge in [0.05, 0.1) is 23.4 Å². The molecule has 0 spiro atoms. The average molecular weight is 371 g/mol. The van der Waals surface area contributed by atoms with Crippen molar-refractivity contribution < 1.29 is 9.53 Å². The number of aromatic nitrogens is 1. The molecule has 0 saturated heterocycles. The summed E-state index contributed by atoms with van der Waals surface area (Å²) in [4.78, 5) is 16.3. The molecule has 2 rings (SSSR count). The molecule has 0 aliphatic carbocycles. The highest BCUT2D eigenvalue weighted by Gasteiger charge is 2.12. The Balaban J connectivity index is 2.26. The molecule has 0 fully saturated rings. The molecule has 1 aromatic carbocycles. The van der Waals surface area contributed by atoms with Gasteiger partial charge >= 0.3 is 0 Å². The van der Waals surface area contributed by atoms with Crippen LogP contribution in [0.25, 0.3) is 0 Å². The van der Waals surface area contributed by atoms with E-state index >= 15 is 0 Å². The van der Waals surface area contributed by atoms with Crippen LogP contribution in [0, 0.1) is 0 Å². The first-order valence-electron chi connectivity index (χ1n) is 6.03. The number of amides is 1. The first kappa shape index (κ1) is 15.6. The summed E-state index contributed by atoms with van der Waals surface area (Å²) in [5.74, 6) is 0.772. The molecule has 1 aromatic heterocycles. The predicted molar refractivity (Wildman–Crippen MR) is 87.4 cm³/mol. The molecule has 5 nitrogen and oxygen atoms in total. The maximum Gasteiger partial charge on any atom is 0.257 e. The number of nitrogens with one attached hydrogen (secondary N) is 2. The second kappa shape index (κ2) is 6.78. The number of methoxy groups -OCH3 is 1. The van der Waals surface area contributed by atoms with Crippen molar-refractivity contribution in [3.8, 4) is 5.75 Å². The Morgan fingerprint density at radius 1 is 1.38 bits per heavy atom. The molecule has 0 atom stereocenters. The first-order valence-corrected chi connectivity index (χ1v) is 7.20. The lowest BCUT2D eigenvalue weighted by Crippen LogP contribution is -2.13. The molecule has 0 unspecified atom stereocenters. The van der Waals surface area contributed by atoms with Crippen LogP contribution in [0.4, 0.5) is 11.5 Å². The van der Waals surface area contributed by atoms with Crippen LogP contribution in [0.15, 0.2) is 34.9 Å². The van der Waals surface area contributed by atoms with Gasteiger partial charge in [-0.2, -0.15) is 0 Å². The van der Waals surface area contributed by atoms with E-state index in [0.29, 0.717) is 27.8 Å². The van der Waals surface area contributed by atoms with Crippen LogP contribution >= 0.6 is 27.5 Å². The van der Waals surface area contributed by atoms with Crippen LogP contribution in [0.3, 0.4) is 0 Å². The minimum atomic E-state index is -0.316. The van der Waals surface area contributed by atoms with Gasteiger partial charge in [-0.3, -0.25) is 4.79 Å². The van der Waals surface area contributed by atoms with E-state index < -0.39 is 0 Å². The highest BCUT2D eigenvalue weighted by molar-refractivity contribution is 9.10. The summed E-state index contributed by atoms with van der Waals surface area (Å²) in [5.41, 5.74) is 0.923. The van der Waals surface area contributed by atoms with Gasteiger partial charge in [-0.1, -0.05) is 27.5 Å². The van der Waals surface area contributed by atoms with Gasteiger partial charge in [0.15, 0.2) is 0 Å². The van der Waals surface area contributed by atoms with E-state index in [1.807, 2.05) is 6.07 Å². The fraction of sp³-hybridized carbons (Fsp3) is 0.143. The summed E-state index contributed by atoms with van der Waals surface area (Å²) >= 11 is 9.38. The number of ether oxygens (including phenoxy) is 1. The molecule has 110 valence electrons. The van der Waals surface area contributed by atoms with E-state index in [-0.39, 0.29) is 5.91 Å². The quantitative estimate of drug-likeness (QED) is 0.859. The molecule has 0 aliphatic rings. The summed E-state index contributed by atoms with van der Waals surface area (Å²) in [6, 6.07) is 6.90. The van der Waals surface area contributed by atoms with Crippen molar-refractivity contribution in [3.05, 3.63) is 45.5 Å². The second-order valence-corrected chi connectivity index (χ2v) is 5.43. The maximum atomic E-state index is 12.2. The normalized spacial score (nSPS) is 10.1. The van der Waals surface area contributed by atoms with E-state index in [4.69, 9.17) is 16.3 Å². The predicted octanol–water partition coefficient (Wildman–Crippen LogP) is 3.80. The lowest BCUT2D eigenvalue weighted by Gasteiger charge is -2.11. The number of rotatable bonds is 4. The van der Waals surface area contributed by atoms with Crippen LogP contribution in [-0.4, -0.2) is 25.0 Å². The van der Waals surface area contributed by atoms with Crippen LogP contribution in [0.2, 0.25) is 5.02 Å². The zero-order valence-electron chi connectivity index (χ0n) is 11.4. The highest BCUT2D eigenvalue weighted by Crippen LogP contribution is 2.28. The highest BCUT2D eigenvalue weighted by atomic mass is 79.9. The second-order valence-electron chi connectivity index (χ2n) is 4.10. The summed E-state index contributed by atoms with van der Waals surface area (Å²) < 4.78 is 6.04. The van der Waals surface area contributed by atoms with Gasteiger partial charge in [-0.25, -0.2) is 4.98 Å². The summed E-state index contributed by atoms with van der Waals surface area (Å²) in [6.07, 6.45) is 1.46. The van der Waals surface area contributed by atoms with Gasteiger partial charge < -0.3 is 15.4 Å². The summed E-state index contributed by atoms with van der Waals surface area (Å²) in [6.45, 7) is 0. The average Bonchev–Trinajstić information content (AvgIpc) is 2.47. The lowest BCUT2D eigenvalue weighted by atomic mass is 10.2.